The first-order valence-corrected chi connectivity index (χ1v) is 10.2. The maximum absolute atomic E-state index is 12.3. The first-order chi connectivity index (χ1) is 11.7. The van der Waals surface area contributed by atoms with Gasteiger partial charge in [-0.25, -0.2) is 8.42 Å². The zero-order valence-corrected chi connectivity index (χ0v) is 15.3. The van der Waals surface area contributed by atoms with E-state index in [-0.39, 0.29) is 17.5 Å². The molecule has 138 valence electrons. The average molecular weight is 368 g/mol. The number of hydrogen-bond acceptors (Lipinski definition) is 5. The molecule has 25 heavy (non-hydrogen) atoms. The van der Waals surface area contributed by atoms with E-state index in [2.05, 4.69) is 12.2 Å². The zero-order valence-electron chi connectivity index (χ0n) is 14.5. The van der Waals surface area contributed by atoms with Gasteiger partial charge in [-0.05, 0) is 31.2 Å². The lowest BCUT2D eigenvalue weighted by molar-refractivity contribution is -0.385. The molecule has 1 aliphatic rings. The fourth-order valence-corrected chi connectivity index (χ4v) is 4.66. The van der Waals surface area contributed by atoms with E-state index in [1.165, 1.54) is 19.1 Å². The third kappa shape index (κ3) is 5.26. The molecule has 7 nitrogen and oxygen atoms in total. The number of amides is 1. The number of nitro groups is 1. The van der Waals surface area contributed by atoms with Gasteiger partial charge < -0.3 is 5.32 Å². The SMILES string of the molecule is Cc1c(CS(=O)(=O)CC(=O)N[C@H]2CCCC[C@@H]2C)cccc1[N+](=O)[O-]. The summed E-state index contributed by atoms with van der Waals surface area (Å²) < 4.78 is 24.7. The molecule has 0 radical (unpaired) electrons. The second kappa shape index (κ2) is 7.95. The van der Waals surface area contributed by atoms with Crippen molar-refractivity contribution in [1.82, 2.24) is 5.32 Å². The van der Waals surface area contributed by atoms with Crippen LogP contribution in [0.4, 0.5) is 5.69 Å². The fourth-order valence-electron chi connectivity index (χ4n) is 3.29. The molecule has 0 aromatic heterocycles. The van der Waals surface area contributed by atoms with E-state index in [4.69, 9.17) is 0 Å². The second-order valence-corrected chi connectivity index (χ2v) is 8.85. The Morgan fingerprint density at radius 1 is 1.32 bits per heavy atom. The van der Waals surface area contributed by atoms with Crippen molar-refractivity contribution in [3.8, 4) is 0 Å². The first-order valence-electron chi connectivity index (χ1n) is 8.42. The highest BCUT2D eigenvalue weighted by molar-refractivity contribution is 7.91. The monoisotopic (exact) mass is 368 g/mol. The maximum Gasteiger partial charge on any atom is 0.272 e. The van der Waals surface area contributed by atoms with Gasteiger partial charge in [0.1, 0.15) is 5.75 Å². The quantitative estimate of drug-likeness (QED) is 0.613. The molecule has 0 saturated heterocycles. The van der Waals surface area contributed by atoms with Crippen LogP contribution >= 0.6 is 0 Å². The van der Waals surface area contributed by atoms with Crippen molar-refractivity contribution in [2.45, 2.75) is 51.3 Å². The molecule has 0 unspecified atom stereocenters. The van der Waals surface area contributed by atoms with E-state index >= 15 is 0 Å². The van der Waals surface area contributed by atoms with Gasteiger partial charge in [0.2, 0.25) is 5.91 Å². The number of benzene rings is 1. The third-order valence-corrected chi connectivity index (χ3v) is 6.25. The highest BCUT2D eigenvalue weighted by atomic mass is 32.2. The molecule has 1 amide bonds. The summed E-state index contributed by atoms with van der Waals surface area (Å²) in [5, 5.41) is 13.8. The summed E-state index contributed by atoms with van der Waals surface area (Å²) in [6, 6.07) is 4.36. The van der Waals surface area contributed by atoms with Crippen LogP contribution in [0, 0.1) is 23.0 Å². The van der Waals surface area contributed by atoms with E-state index in [0.717, 1.165) is 25.7 Å². The lowest BCUT2D eigenvalue weighted by Crippen LogP contribution is -2.43. The standard InChI is InChI=1S/C17H24N2O5S/c1-12-6-3-4-8-15(12)18-17(20)11-25(23,24)10-14-7-5-9-16(13(14)2)19(21)22/h5,7,9,12,15H,3-4,6,8,10-11H2,1-2H3,(H,18,20)/t12-,15-/m0/s1. The van der Waals surface area contributed by atoms with Crippen molar-refractivity contribution in [2.24, 2.45) is 5.92 Å². The number of carbonyl (C=O) groups excluding carboxylic acids is 1. The Kier molecular flexibility index (Phi) is 6.16. The van der Waals surface area contributed by atoms with Crippen molar-refractivity contribution in [3.05, 3.63) is 39.4 Å². The summed E-state index contributed by atoms with van der Waals surface area (Å²) in [5.74, 6) is -1.13. The zero-order chi connectivity index (χ0) is 18.6. The molecule has 0 aliphatic heterocycles. The Morgan fingerprint density at radius 3 is 2.64 bits per heavy atom. The van der Waals surface area contributed by atoms with Crippen molar-refractivity contribution >= 4 is 21.4 Å². The van der Waals surface area contributed by atoms with Gasteiger partial charge in [-0.3, -0.25) is 14.9 Å². The molecule has 2 rings (SSSR count). The molecule has 0 heterocycles. The minimum absolute atomic E-state index is 0.0241. The van der Waals surface area contributed by atoms with E-state index in [9.17, 15) is 23.3 Å². The van der Waals surface area contributed by atoms with Crippen molar-refractivity contribution in [3.63, 3.8) is 0 Å². The lowest BCUT2D eigenvalue weighted by Gasteiger charge is -2.29. The van der Waals surface area contributed by atoms with Crippen LogP contribution in [0.15, 0.2) is 18.2 Å². The minimum atomic E-state index is -3.70. The maximum atomic E-state index is 12.3. The number of nitrogens with zero attached hydrogens (tertiary/aromatic N) is 1. The Bertz CT molecular complexity index is 760. The minimum Gasteiger partial charge on any atom is -0.352 e. The third-order valence-electron chi connectivity index (χ3n) is 4.80. The first kappa shape index (κ1) is 19.4. The molecule has 1 aromatic carbocycles. The Balaban J connectivity index is 2.03. The van der Waals surface area contributed by atoms with E-state index < -0.39 is 26.4 Å². The second-order valence-electron chi connectivity index (χ2n) is 6.79. The van der Waals surface area contributed by atoms with Crippen LogP contribution in [0.25, 0.3) is 0 Å². The van der Waals surface area contributed by atoms with Crippen LogP contribution in [0.2, 0.25) is 0 Å². The van der Waals surface area contributed by atoms with Gasteiger partial charge in [-0.2, -0.15) is 0 Å². The van der Waals surface area contributed by atoms with Gasteiger partial charge in [0.05, 0.1) is 10.7 Å². The van der Waals surface area contributed by atoms with Gasteiger partial charge in [-0.15, -0.1) is 0 Å². The van der Waals surface area contributed by atoms with E-state index in [1.807, 2.05) is 0 Å². The highest BCUT2D eigenvalue weighted by Gasteiger charge is 2.26. The molecule has 1 fully saturated rings. The summed E-state index contributed by atoms with van der Waals surface area (Å²) in [6.45, 7) is 3.58. The molecular weight excluding hydrogens is 344 g/mol. The number of hydrogen-bond donors (Lipinski definition) is 1. The van der Waals surface area contributed by atoms with Crippen molar-refractivity contribution < 1.29 is 18.1 Å². The summed E-state index contributed by atoms with van der Waals surface area (Å²) in [7, 11) is -3.70. The normalized spacial score (nSPS) is 20.9. The Hall–Kier alpha value is -1.96. The predicted octanol–water partition coefficient (Wildman–Crippen LogP) is 2.51. The van der Waals surface area contributed by atoms with Crippen LogP contribution in [0.1, 0.15) is 43.7 Å². The topological polar surface area (TPSA) is 106 Å². The van der Waals surface area contributed by atoms with E-state index in [0.29, 0.717) is 17.0 Å². The predicted molar refractivity (Wildman–Crippen MR) is 94.9 cm³/mol. The van der Waals surface area contributed by atoms with Gasteiger partial charge in [0, 0.05) is 17.7 Å². The molecule has 1 N–H and O–H groups in total. The molecule has 0 spiro atoms. The lowest BCUT2D eigenvalue weighted by atomic mass is 9.86. The average Bonchev–Trinajstić information content (AvgIpc) is 2.50. The summed E-state index contributed by atoms with van der Waals surface area (Å²) in [6.07, 6.45) is 4.08. The number of rotatable bonds is 6. The van der Waals surface area contributed by atoms with Crippen LogP contribution < -0.4 is 5.32 Å². The number of carbonyl (C=O) groups is 1. The van der Waals surface area contributed by atoms with Gasteiger partial charge in [0.25, 0.3) is 5.69 Å². The van der Waals surface area contributed by atoms with Crippen LogP contribution in [-0.2, 0) is 20.4 Å². The van der Waals surface area contributed by atoms with Gasteiger partial charge in [-0.1, -0.05) is 31.9 Å². The largest absolute Gasteiger partial charge is 0.352 e. The molecular formula is C17H24N2O5S. The van der Waals surface area contributed by atoms with Crippen LogP contribution in [-0.4, -0.2) is 31.0 Å². The van der Waals surface area contributed by atoms with Gasteiger partial charge in [0.15, 0.2) is 9.84 Å². The van der Waals surface area contributed by atoms with Crippen molar-refractivity contribution in [1.29, 1.82) is 0 Å². The molecule has 1 saturated carbocycles. The summed E-state index contributed by atoms with van der Waals surface area (Å²) >= 11 is 0. The van der Waals surface area contributed by atoms with Crippen LogP contribution in [0.3, 0.4) is 0 Å². The van der Waals surface area contributed by atoms with Crippen molar-refractivity contribution in [2.75, 3.05) is 5.75 Å². The number of sulfone groups is 1. The molecule has 2 atom stereocenters. The fraction of sp³-hybridized carbons (Fsp3) is 0.588. The number of nitro benzene ring substituents is 1. The molecule has 1 aromatic rings. The highest BCUT2D eigenvalue weighted by Crippen LogP contribution is 2.24. The molecule has 8 heteroatoms. The smallest absolute Gasteiger partial charge is 0.272 e. The van der Waals surface area contributed by atoms with Crippen LogP contribution in [0.5, 0.6) is 0 Å². The molecule has 1 aliphatic carbocycles. The number of nitrogens with one attached hydrogen (secondary N) is 1. The summed E-state index contributed by atoms with van der Waals surface area (Å²) in [5.41, 5.74) is 0.554. The molecule has 0 bridgehead atoms. The Morgan fingerprint density at radius 2 is 2.00 bits per heavy atom. The summed E-state index contributed by atoms with van der Waals surface area (Å²) in [4.78, 5) is 22.5. The Labute approximate surface area is 147 Å². The van der Waals surface area contributed by atoms with Gasteiger partial charge >= 0.3 is 0 Å². The van der Waals surface area contributed by atoms with E-state index in [1.54, 1.807) is 6.07 Å².